The first kappa shape index (κ1) is 11.8. The van der Waals surface area contributed by atoms with E-state index in [0.717, 1.165) is 17.4 Å². The van der Waals surface area contributed by atoms with Gasteiger partial charge in [0, 0.05) is 23.1 Å². The molecule has 1 aromatic rings. The van der Waals surface area contributed by atoms with E-state index in [1.165, 1.54) is 0 Å². The summed E-state index contributed by atoms with van der Waals surface area (Å²) in [4.78, 5) is 14.0. The molecule has 0 amide bonds. The zero-order valence-electron chi connectivity index (χ0n) is 8.90. The molecule has 1 N–H and O–H groups in total. The van der Waals surface area contributed by atoms with Gasteiger partial charge in [-0.25, -0.2) is 0 Å². The van der Waals surface area contributed by atoms with Crippen molar-refractivity contribution < 1.29 is 9.90 Å². The molecule has 1 aliphatic heterocycles. The van der Waals surface area contributed by atoms with Crippen molar-refractivity contribution >= 4 is 21.7 Å². The van der Waals surface area contributed by atoms with Crippen molar-refractivity contribution in [2.45, 2.75) is 12.5 Å². The van der Waals surface area contributed by atoms with E-state index in [2.05, 4.69) is 15.9 Å². The van der Waals surface area contributed by atoms with Crippen LogP contribution in [0.25, 0.3) is 0 Å². The van der Waals surface area contributed by atoms with E-state index in [0.29, 0.717) is 18.7 Å². The van der Waals surface area contributed by atoms with Gasteiger partial charge in [0.25, 0.3) is 0 Å². The maximum absolute atomic E-state index is 12.0. The second-order valence-corrected chi connectivity index (χ2v) is 4.93. The molecule has 0 spiro atoms. The van der Waals surface area contributed by atoms with Crippen molar-refractivity contribution in [3.8, 4) is 0 Å². The van der Waals surface area contributed by atoms with E-state index >= 15 is 0 Å². The van der Waals surface area contributed by atoms with E-state index in [-0.39, 0.29) is 11.9 Å². The molecule has 0 bridgehead atoms. The Morgan fingerprint density at radius 3 is 2.88 bits per heavy atom. The topological polar surface area (TPSA) is 40.5 Å². The number of hydrogen-bond acceptors (Lipinski definition) is 3. The maximum atomic E-state index is 12.0. The molecule has 0 aliphatic carbocycles. The summed E-state index contributed by atoms with van der Waals surface area (Å²) in [5.74, 6) is 0.0987. The van der Waals surface area contributed by atoms with Gasteiger partial charge in [-0.3, -0.25) is 9.69 Å². The minimum absolute atomic E-state index is 0.0987. The average molecular weight is 284 g/mol. The summed E-state index contributed by atoms with van der Waals surface area (Å²) >= 11 is 3.37. The lowest BCUT2D eigenvalue weighted by atomic mass is 10.1. The molecule has 86 valence electrons. The van der Waals surface area contributed by atoms with Crippen LogP contribution in [0.3, 0.4) is 0 Å². The summed E-state index contributed by atoms with van der Waals surface area (Å²) in [6.45, 7) is 1.80. The molecule has 0 radical (unpaired) electrons. The van der Waals surface area contributed by atoms with Gasteiger partial charge in [0.1, 0.15) is 0 Å². The molecular formula is C12H14BrNO2. The first-order chi connectivity index (χ1) is 7.66. The zero-order valence-corrected chi connectivity index (χ0v) is 10.5. The molecule has 3 nitrogen and oxygen atoms in total. The molecule has 16 heavy (non-hydrogen) atoms. The van der Waals surface area contributed by atoms with Gasteiger partial charge >= 0.3 is 0 Å². The highest BCUT2D eigenvalue weighted by Crippen LogP contribution is 2.17. The third kappa shape index (κ3) is 2.70. The molecule has 0 aromatic heterocycles. The second-order valence-electron chi connectivity index (χ2n) is 4.08. The first-order valence-electron chi connectivity index (χ1n) is 5.35. The molecule has 0 saturated carbocycles. The number of likely N-dealkylation sites (tertiary alicyclic amines) is 1. The van der Waals surface area contributed by atoms with Gasteiger partial charge in [-0.15, -0.1) is 0 Å². The lowest BCUT2D eigenvalue weighted by Crippen LogP contribution is -2.28. The number of Topliss-reactive ketones (excluding diaryl/α,β-unsaturated/α-hetero) is 1. The fourth-order valence-electron chi connectivity index (χ4n) is 1.93. The Morgan fingerprint density at radius 2 is 2.25 bits per heavy atom. The van der Waals surface area contributed by atoms with Crippen LogP contribution < -0.4 is 0 Å². The standard InChI is InChI=1S/C12H14BrNO2/c13-11-4-2-1-3-10(11)12(16)8-14-6-5-9(15)7-14/h1-4,9,15H,5-8H2. The molecular weight excluding hydrogens is 270 g/mol. The van der Waals surface area contributed by atoms with E-state index in [4.69, 9.17) is 0 Å². The number of nitrogens with zero attached hydrogens (tertiary/aromatic N) is 1. The second kappa shape index (κ2) is 5.08. The SMILES string of the molecule is O=C(CN1CCC(O)C1)c1ccccc1Br. The number of aliphatic hydroxyl groups excluding tert-OH is 1. The summed E-state index contributed by atoms with van der Waals surface area (Å²) in [6.07, 6.45) is 0.496. The smallest absolute Gasteiger partial charge is 0.177 e. The Kier molecular flexibility index (Phi) is 3.74. The van der Waals surface area contributed by atoms with Gasteiger partial charge in [-0.2, -0.15) is 0 Å². The van der Waals surface area contributed by atoms with E-state index in [9.17, 15) is 9.90 Å². The Morgan fingerprint density at radius 1 is 1.50 bits per heavy atom. The number of carbonyl (C=O) groups is 1. The predicted molar refractivity (Wildman–Crippen MR) is 65.5 cm³/mol. The maximum Gasteiger partial charge on any atom is 0.177 e. The van der Waals surface area contributed by atoms with Crippen molar-refractivity contribution in [1.82, 2.24) is 4.90 Å². The van der Waals surface area contributed by atoms with Gasteiger partial charge in [0.2, 0.25) is 0 Å². The van der Waals surface area contributed by atoms with Gasteiger partial charge in [0.15, 0.2) is 5.78 Å². The van der Waals surface area contributed by atoms with E-state index < -0.39 is 0 Å². The van der Waals surface area contributed by atoms with Crippen LogP contribution in [0.2, 0.25) is 0 Å². The number of β-amino-alcohol motifs (C(OH)–C–C–N with tert-alkyl or cyclic N) is 1. The monoisotopic (exact) mass is 283 g/mol. The Labute approximate surface area is 103 Å². The van der Waals surface area contributed by atoms with Crippen molar-refractivity contribution in [3.05, 3.63) is 34.3 Å². The minimum atomic E-state index is -0.271. The molecule has 1 aromatic carbocycles. The highest BCUT2D eigenvalue weighted by molar-refractivity contribution is 9.10. The Balaban J connectivity index is 2.01. The van der Waals surface area contributed by atoms with E-state index in [1.54, 1.807) is 0 Å². The molecule has 1 fully saturated rings. The van der Waals surface area contributed by atoms with Crippen LogP contribution >= 0.6 is 15.9 Å². The number of carbonyl (C=O) groups excluding carboxylic acids is 1. The Bertz CT molecular complexity index is 394. The van der Waals surface area contributed by atoms with Crippen LogP contribution in [0.5, 0.6) is 0 Å². The summed E-state index contributed by atoms with van der Waals surface area (Å²) in [7, 11) is 0. The van der Waals surface area contributed by atoms with Gasteiger partial charge < -0.3 is 5.11 Å². The number of halogens is 1. The molecule has 2 rings (SSSR count). The summed E-state index contributed by atoms with van der Waals surface area (Å²) < 4.78 is 0.833. The first-order valence-corrected chi connectivity index (χ1v) is 6.14. The highest BCUT2D eigenvalue weighted by atomic mass is 79.9. The highest BCUT2D eigenvalue weighted by Gasteiger charge is 2.22. The van der Waals surface area contributed by atoms with Crippen LogP contribution in [0.1, 0.15) is 16.8 Å². The number of benzene rings is 1. The molecule has 4 heteroatoms. The summed E-state index contributed by atoms with van der Waals surface area (Å²) in [5, 5.41) is 9.38. The van der Waals surface area contributed by atoms with Crippen molar-refractivity contribution in [2.24, 2.45) is 0 Å². The van der Waals surface area contributed by atoms with Crippen LogP contribution in [0, 0.1) is 0 Å². The Hall–Kier alpha value is -0.710. The predicted octanol–water partition coefficient (Wildman–Crippen LogP) is 1.70. The van der Waals surface area contributed by atoms with Gasteiger partial charge in [-0.05, 0) is 12.5 Å². The van der Waals surface area contributed by atoms with E-state index in [1.807, 2.05) is 29.2 Å². The fraction of sp³-hybridized carbons (Fsp3) is 0.417. The fourth-order valence-corrected chi connectivity index (χ4v) is 2.44. The number of ketones is 1. The minimum Gasteiger partial charge on any atom is -0.392 e. The molecule has 1 heterocycles. The summed E-state index contributed by atoms with van der Waals surface area (Å²) in [6, 6.07) is 7.43. The van der Waals surface area contributed by atoms with Crippen molar-refractivity contribution in [2.75, 3.05) is 19.6 Å². The molecule has 1 atom stereocenters. The number of hydrogen-bond donors (Lipinski definition) is 1. The van der Waals surface area contributed by atoms with Crippen LogP contribution in [-0.4, -0.2) is 41.5 Å². The molecule has 1 aliphatic rings. The van der Waals surface area contributed by atoms with Crippen LogP contribution in [-0.2, 0) is 0 Å². The number of rotatable bonds is 3. The van der Waals surface area contributed by atoms with Gasteiger partial charge in [-0.1, -0.05) is 34.1 Å². The summed E-state index contributed by atoms with van der Waals surface area (Å²) in [5.41, 5.74) is 0.712. The van der Waals surface area contributed by atoms with Crippen molar-refractivity contribution in [3.63, 3.8) is 0 Å². The van der Waals surface area contributed by atoms with Gasteiger partial charge in [0.05, 0.1) is 12.6 Å². The number of aliphatic hydroxyl groups is 1. The van der Waals surface area contributed by atoms with Crippen molar-refractivity contribution in [1.29, 1.82) is 0 Å². The third-order valence-corrected chi connectivity index (χ3v) is 3.48. The lowest BCUT2D eigenvalue weighted by molar-refractivity contribution is 0.0934. The quantitative estimate of drug-likeness (QED) is 0.859. The normalized spacial score (nSPS) is 21.2. The lowest BCUT2D eigenvalue weighted by Gasteiger charge is -2.14. The largest absolute Gasteiger partial charge is 0.392 e. The van der Waals surface area contributed by atoms with Crippen LogP contribution in [0.4, 0.5) is 0 Å². The van der Waals surface area contributed by atoms with Crippen LogP contribution in [0.15, 0.2) is 28.7 Å². The average Bonchev–Trinajstić information content (AvgIpc) is 2.64. The zero-order chi connectivity index (χ0) is 11.5. The molecule has 1 unspecified atom stereocenters. The third-order valence-electron chi connectivity index (χ3n) is 2.79. The molecule has 1 saturated heterocycles.